The van der Waals surface area contributed by atoms with Gasteiger partial charge >= 0.3 is 0 Å². The molecular weight excluding hydrogens is 216 g/mol. The second-order valence-corrected chi connectivity index (χ2v) is 3.00. The van der Waals surface area contributed by atoms with Gasteiger partial charge in [-0.05, 0) is 11.6 Å². The number of hydrogen-bond acceptors (Lipinski definition) is 1. The Hall–Kier alpha value is -0.760. The summed E-state index contributed by atoms with van der Waals surface area (Å²) in [6.07, 6.45) is 0. The summed E-state index contributed by atoms with van der Waals surface area (Å²) in [5.74, 6) is 0.877. The molecule has 0 bridgehead atoms. The molecule has 0 amide bonds. The Kier molecular flexibility index (Phi) is 3.35. The van der Waals surface area contributed by atoms with Crippen LogP contribution in [0.3, 0.4) is 0 Å². The first-order valence-electron chi connectivity index (χ1n) is 3.66. The molecule has 64 valence electrons. The highest BCUT2D eigenvalue weighted by atomic mass is 79.9. The van der Waals surface area contributed by atoms with Crippen molar-refractivity contribution in [1.29, 1.82) is 0 Å². The number of methoxy groups -OCH3 is 1. The monoisotopic (exact) mass is 226 g/mol. The maximum atomic E-state index is 5.19. The maximum absolute atomic E-state index is 5.19. The molecule has 0 saturated heterocycles. The molecule has 0 N–H and O–H groups in total. The molecule has 12 heavy (non-hydrogen) atoms. The van der Waals surface area contributed by atoms with Gasteiger partial charge in [0.05, 0.1) is 7.11 Å². The molecule has 0 aromatic heterocycles. The number of hydrogen-bond donors (Lipinski definition) is 0. The zero-order valence-electron chi connectivity index (χ0n) is 7.01. The highest BCUT2D eigenvalue weighted by molar-refractivity contribution is 9.09. The molecule has 0 aliphatic heterocycles. The molecule has 1 aromatic carbocycles. The van der Waals surface area contributed by atoms with Crippen LogP contribution in [0.1, 0.15) is 5.56 Å². The van der Waals surface area contributed by atoms with Gasteiger partial charge in [-0.1, -0.05) is 40.7 Å². The van der Waals surface area contributed by atoms with Gasteiger partial charge in [0, 0.05) is 10.9 Å². The smallest absolute Gasteiger partial charge is 0.126 e. The minimum Gasteiger partial charge on any atom is -0.496 e. The van der Waals surface area contributed by atoms with Crippen LogP contribution in [0, 0.1) is 0 Å². The summed E-state index contributed by atoms with van der Waals surface area (Å²) in [5, 5.41) is 0.771. The van der Waals surface area contributed by atoms with Crippen LogP contribution in [0.2, 0.25) is 0 Å². The zero-order valence-corrected chi connectivity index (χ0v) is 8.60. The summed E-state index contributed by atoms with van der Waals surface area (Å²) in [6.45, 7) is 3.93. The Labute approximate surface area is 81.2 Å². The van der Waals surface area contributed by atoms with Crippen molar-refractivity contribution in [2.24, 2.45) is 0 Å². The van der Waals surface area contributed by atoms with Crippen molar-refractivity contribution in [3.05, 3.63) is 36.4 Å². The van der Waals surface area contributed by atoms with Gasteiger partial charge in [-0.15, -0.1) is 0 Å². The van der Waals surface area contributed by atoms with Gasteiger partial charge < -0.3 is 4.74 Å². The third-order valence-corrected chi connectivity index (χ3v) is 2.33. The molecule has 0 aliphatic rings. The van der Waals surface area contributed by atoms with Crippen molar-refractivity contribution in [2.45, 2.75) is 0 Å². The molecule has 0 spiro atoms. The third kappa shape index (κ3) is 1.89. The van der Waals surface area contributed by atoms with E-state index >= 15 is 0 Å². The van der Waals surface area contributed by atoms with Crippen molar-refractivity contribution in [1.82, 2.24) is 0 Å². The SMILES string of the molecule is C=C(CBr)c1ccccc1OC. The molecule has 1 rings (SSSR count). The topological polar surface area (TPSA) is 9.23 Å². The quantitative estimate of drug-likeness (QED) is 0.721. The van der Waals surface area contributed by atoms with Crippen LogP contribution in [0.5, 0.6) is 5.75 Å². The van der Waals surface area contributed by atoms with Crippen molar-refractivity contribution in [3.63, 3.8) is 0 Å². The van der Waals surface area contributed by atoms with Crippen molar-refractivity contribution < 1.29 is 4.74 Å². The largest absolute Gasteiger partial charge is 0.496 e. The number of halogens is 1. The summed E-state index contributed by atoms with van der Waals surface area (Å²) < 4.78 is 5.19. The first kappa shape index (κ1) is 9.33. The highest BCUT2D eigenvalue weighted by Gasteiger charge is 2.02. The normalized spacial score (nSPS) is 9.50. The minimum absolute atomic E-state index is 0.771. The van der Waals surface area contributed by atoms with E-state index in [0.717, 1.165) is 22.2 Å². The van der Waals surface area contributed by atoms with E-state index < -0.39 is 0 Å². The maximum Gasteiger partial charge on any atom is 0.126 e. The molecular formula is C10H11BrO. The van der Waals surface area contributed by atoms with E-state index in [1.807, 2.05) is 24.3 Å². The molecule has 0 aliphatic carbocycles. The third-order valence-electron chi connectivity index (χ3n) is 1.65. The van der Waals surface area contributed by atoms with Crippen LogP contribution in [0.15, 0.2) is 30.8 Å². The Balaban J connectivity index is 3.04. The molecule has 0 radical (unpaired) electrons. The van der Waals surface area contributed by atoms with Gasteiger partial charge in [-0.25, -0.2) is 0 Å². The first-order valence-corrected chi connectivity index (χ1v) is 4.79. The number of rotatable bonds is 3. The van der Waals surface area contributed by atoms with E-state index in [2.05, 4.69) is 22.5 Å². The summed E-state index contributed by atoms with van der Waals surface area (Å²) in [6, 6.07) is 7.86. The van der Waals surface area contributed by atoms with Gasteiger partial charge in [0.1, 0.15) is 5.75 Å². The summed E-state index contributed by atoms with van der Waals surface area (Å²) in [7, 11) is 1.67. The summed E-state index contributed by atoms with van der Waals surface area (Å²) in [4.78, 5) is 0. The molecule has 0 fully saturated rings. The van der Waals surface area contributed by atoms with Gasteiger partial charge in [0.15, 0.2) is 0 Å². The average Bonchev–Trinajstić information content (AvgIpc) is 2.16. The fraction of sp³-hybridized carbons (Fsp3) is 0.200. The molecule has 2 heteroatoms. The summed E-state index contributed by atoms with van der Waals surface area (Å²) >= 11 is 3.36. The van der Waals surface area contributed by atoms with Crippen molar-refractivity contribution >= 4 is 21.5 Å². The molecule has 0 unspecified atom stereocenters. The van der Waals surface area contributed by atoms with E-state index in [1.54, 1.807) is 7.11 Å². The Morgan fingerprint density at radius 1 is 1.50 bits per heavy atom. The predicted octanol–water partition coefficient (Wildman–Crippen LogP) is 3.10. The van der Waals surface area contributed by atoms with Crippen LogP contribution in [-0.4, -0.2) is 12.4 Å². The fourth-order valence-electron chi connectivity index (χ4n) is 1.01. The van der Waals surface area contributed by atoms with E-state index in [9.17, 15) is 0 Å². The summed E-state index contributed by atoms with van der Waals surface area (Å²) in [5.41, 5.74) is 2.10. The van der Waals surface area contributed by atoms with Crippen molar-refractivity contribution in [2.75, 3.05) is 12.4 Å². The number of ether oxygens (including phenoxy) is 1. The van der Waals surface area contributed by atoms with E-state index in [4.69, 9.17) is 4.74 Å². The van der Waals surface area contributed by atoms with Crippen molar-refractivity contribution in [3.8, 4) is 5.75 Å². The van der Waals surface area contributed by atoms with Crippen LogP contribution in [0.25, 0.3) is 5.57 Å². The van der Waals surface area contributed by atoms with Gasteiger partial charge in [0.2, 0.25) is 0 Å². The number of benzene rings is 1. The Morgan fingerprint density at radius 3 is 2.75 bits per heavy atom. The number of para-hydroxylation sites is 1. The lowest BCUT2D eigenvalue weighted by Gasteiger charge is -2.07. The second kappa shape index (κ2) is 4.31. The molecule has 0 heterocycles. The van der Waals surface area contributed by atoms with Crippen LogP contribution in [-0.2, 0) is 0 Å². The molecule has 1 nitrogen and oxygen atoms in total. The van der Waals surface area contributed by atoms with Gasteiger partial charge in [-0.2, -0.15) is 0 Å². The van der Waals surface area contributed by atoms with E-state index in [0.29, 0.717) is 0 Å². The Bertz CT molecular complexity index is 281. The minimum atomic E-state index is 0.771. The lowest BCUT2D eigenvalue weighted by Crippen LogP contribution is -1.90. The second-order valence-electron chi connectivity index (χ2n) is 2.44. The lowest BCUT2D eigenvalue weighted by molar-refractivity contribution is 0.413. The van der Waals surface area contributed by atoms with Crippen LogP contribution >= 0.6 is 15.9 Å². The van der Waals surface area contributed by atoms with E-state index in [1.165, 1.54) is 0 Å². The average molecular weight is 227 g/mol. The molecule has 0 saturated carbocycles. The number of allylic oxidation sites excluding steroid dienone is 1. The van der Waals surface area contributed by atoms with Gasteiger partial charge in [0.25, 0.3) is 0 Å². The number of alkyl halides is 1. The standard InChI is InChI=1S/C10H11BrO/c1-8(7-11)9-5-3-4-6-10(9)12-2/h3-6H,1,7H2,2H3. The zero-order chi connectivity index (χ0) is 8.97. The van der Waals surface area contributed by atoms with Crippen LogP contribution < -0.4 is 4.74 Å². The lowest BCUT2D eigenvalue weighted by atomic mass is 10.1. The first-order chi connectivity index (χ1) is 5.79. The molecule has 0 atom stereocenters. The Morgan fingerprint density at radius 2 is 2.17 bits per heavy atom. The highest BCUT2D eigenvalue weighted by Crippen LogP contribution is 2.25. The van der Waals surface area contributed by atoms with E-state index in [-0.39, 0.29) is 0 Å². The molecule has 1 aromatic rings. The van der Waals surface area contributed by atoms with Gasteiger partial charge in [-0.3, -0.25) is 0 Å². The fourth-order valence-corrected chi connectivity index (χ4v) is 1.31. The predicted molar refractivity (Wildman–Crippen MR) is 55.8 cm³/mol. The van der Waals surface area contributed by atoms with Crippen LogP contribution in [0.4, 0.5) is 0 Å².